The van der Waals surface area contributed by atoms with Gasteiger partial charge in [0.25, 0.3) is 5.91 Å². The Bertz CT molecular complexity index is 1100. The molecular weight excluding hydrogens is 455 g/mol. The summed E-state index contributed by atoms with van der Waals surface area (Å²) in [7, 11) is 0. The number of halogens is 3. The summed E-state index contributed by atoms with van der Waals surface area (Å²) in [5.41, 5.74) is -0.242. The number of hydrazone groups is 1. The zero-order valence-corrected chi connectivity index (χ0v) is 18.2. The van der Waals surface area contributed by atoms with Gasteiger partial charge in [-0.1, -0.05) is 0 Å². The highest BCUT2D eigenvalue weighted by Gasteiger charge is 2.34. The van der Waals surface area contributed by atoms with E-state index in [1.807, 2.05) is 0 Å². The highest BCUT2D eigenvalue weighted by atomic mass is 19.1. The highest BCUT2D eigenvalue weighted by Crippen LogP contribution is 2.30. The summed E-state index contributed by atoms with van der Waals surface area (Å²) in [4.78, 5) is 36.3. The number of hydrogen-bond donors (Lipinski definition) is 1. The molecule has 2 aliphatic rings. The van der Waals surface area contributed by atoms with Crippen molar-refractivity contribution in [3.63, 3.8) is 0 Å². The number of rotatable bonds is 4. The lowest BCUT2D eigenvalue weighted by atomic mass is 10.0. The van der Waals surface area contributed by atoms with Gasteiger partial charge in [0.2, 0.25) is 5.95 Å². The molecule has 1 atom stereocenters. The summed E-state index contributed by atoms with van der Waals surface area (Å²) < 4.78 is 41.4. The van der Waals surface area contributed by atoms with Gasteiger partial charge in [-0.3, -0.25) is 10.0 Å². The molecule has 13 heteroatoms. The van der Waals surface area contributed by atoms with E-state index in [-0.39, 0.29) is 25.6 Å². The van der Waals surface area contributed by atoms with E-state index < -0.39 is 41.1 Å². The van der Waals surface area contributed by atoms with Gasteiger partial charge in [-0.25, -0.2) is 38.0 Å². The topological polar surface area (TPSA) is 105 Å². The van der Waals surface area contributed by atoms with Crippen LogP contribution in [0.3, 0.4) is 0 Å². The first-order valence-corrected chi connectivity index (χ1v) is 10.6. The van der Waals surface area contributed by atoms with Crippen LogP contribution in [-0.4, -0.2) is 81.0 Å². The summed E-state index contributed by atoms with van der Waals surface area (Å²) in [6.45, 7) is 2.56. The third kappa shape index (κ3) is 4.64. The summed E-state index contributed by atoms with van der Waals surface area (Å²) in [5, 5.41) is 15.2. The molecule has 3 amide bonds. The number of carbonyl (C=O) groups is 2. The second-order valence-corrected chi connectivity index (χ2v) is 7.74. The van der Waals surface area contributed by atoms with Crippen molar-refractivity contribution in [2.45, 2.75) is 19.4 Å². The van der Waals surface area contributed by atoms with Crippen LogP contribution < -0.4 is 4.90 Å². The van der Waals surface area contributed by atoms with E-state index in [1.54, 1.807) is 4.90 Å². The maximum atomic E-state index is 14.0. The van der Waals surface area contributed by atoms with Crippen molar-refractivity contribution in [3.8, 4) is 0 Å². The van der Waals surface area contributed by atoms with Gasteiger partial charge in [0, 0.05) is 51.4 Å². The highest BCUT2D eigenvalue weighted by molar-refractivity contribution is 5.91. The molecule has 2 aliphatic heterocycles. The summed E-state index contributed by atoms with van der Waals surface area (Å²) in [6.07, 6.45) is 2.71. The first-order valence-electron chi connectivity index (χ1n) is 10.6. The van der Waals surface area contributed by atoms with Crippen LogP contribution >= 0.6 is 0 Å². The molecule has 2 aromatic rings. The molecule has 0 radical (unpaired) electrons. The van der Waals surface area contributed by atoms with Gasteiger partial charge in [-0.2, -0.15) is 5.10 Å². The van der Waals surface area contributed by atoms with Crippen LogP contribution in [0.4, 0.5) is 23.9 Å². The van der Waals surface area contributed by atoms with E-state index in [0.29, 0.717) is 30.1 Å². The number of amides is 3. The summed E-state index contributed by atoms with van der Waals surface area (Å²) in [5.74, 6) is -3.31. The number of carbonyl (C=O) groups excluding carboxylic acids is 2. The molecular formula is C21H22F3N7O3. The fourth-order valence-corrected chi connectivity index (χ4v) is 3.81. The van der Waals surface area contributed by atoms with Crippen LogP contribution in [0.15, 0.2) is 29.5 Å². The van der Waals surface area contributed by atoms with Crippen LogP contribution in [0.1, 0.15) is 35.4 Å². The minimum absolute atomic E-state index is 0.0410. The van der Waals surface area contributed by atoms with Crippen molar-refractivity contribution >= 4 is 24.1 Å². The molecule has 0 bridgehead atoms. The normalized spacial score (nSPS) is 17.9. The number of nitrogens with zero attached hydrogens (tertiary/aromatic N) is 7. The Morgan fingerprint density at radius 1 is 1.12 bits per heavy atom. The van der Waals surface area contributed by atoms with Crippen molar-refractivity contribution in [3.05, 3.63) is 53.1 Å². The summed E-state index contributed by atoms with van der Waals surface area (Å²) in [6, 6.07) is 2.08. The molecule has 180 valence electrons. The Labute approximate surface area is 192 Å². The molecule has 0 saturated carbocycles. The maximum absolute atomic E-state index is 14.0. The monoisotopic (exact) mass is 477 g/mol. The minimum Gasteiger partial charge on any atom is -0.337 e. The van der Waals surface area contributed by atoms with Crippen LogP contribution in [0.5, 0.6) is 0 Å². The van der Waals surface area contributed by atoms with Crippen molar-refractivity contribution in [2.24, 2.45) is 5.10 Å². The van der Waals surface area contributed by atoms with Crippen LogP contribution in [-0.2, 0) is 0 Å². The van der Waals surface area contributed by atoms with Gasteiger partial charge in [-0.05, 0) is 24.6 Å². The van der Waals surface area contributed by atoms with E-state index in [2.05, 4.69) is 15.1 Å². The van der Waals surface area contributed by atoms with Crippen molar-refractivity contribution in [1.29, 1.82) is 0 Å². The minimum atomic E-state index is -0.982. The fraction of sp³-hybridized carbons (Fsp3) is 0.381. The van der Waals surface area contributed by atoms with E-state index in [4.69, 9.17) is 0 Å². The first-order chi connectivity index (χ1) is 16.3. The largest absolute Gasteiger partial charge is 0.341 e. The number of hydrogen-bond acceptors (Lipinski definition) is 7. The Morgan fingerprint density at radius 3 is 2.44 bits per heavy atom. The zero-order chi connectivity index (χ0) is 24.4. The number of urea groups is 1. The Morgan fingerprint density at radius 2 is 1.79 bits per heavy atom. The standard InChI is InChI=1S/C21H22F3N7O3/c1-2-30(34)19(32)18-16(24)12-25-20(27-18)28-5-7-29(8-6-28)21(33)31-17(3-4-26-31)13-9-14(22)11-15(23)10-13/h4,9-12,17,34H,2-3,5-8H2,1H3. The Hall–Kier alpha value is -3.74. The predicted molar refractivity (Wildman–Crippen MR) is 114 cm³/mol. The molecule has 1 fully saturated rings. The molecule has 4 rings (SSSR count). The van der Waals surface area contributed by atoms with Gasteiger partial charge in [-0.15, -0.1) is 0 Å². The second-order valence-electron chi connectivity index (χ2n) is 7.74. The summed E-state index contributed by atoms with van der Waals surface area (Å²) >= 11 is 0. The molecule has 34 heavy (non-hydrogen) atoms. The maximum Gasteiger partial charge on any atom is 0.341 e. The molecule has 1 unspecified atom stereocenters. The van der Waals surface area contributed by atoms with Crippen molar-refractivity contribution in [1.82, 2.24) is 24.9 Å². The van der Waals surface area contributed by atoms with Gasteiger partial charge < -0.3 is 9.80 Å². The lowest BCUT2D eigenvalue weighted by Gasteiger charge is -2.37. The van der Waals surface area contributed by atoms with E-state index in [0.717, 1.165) is 12.3 Å². The quantitative estimate of drug-likeness (QED) is 0.536. The van der Waals surface area contributed by atoms with Crippen molar-refractivity contribution in [2.75, 3.05) is 37.6 Å². The van der Waals surface area contributed by atoms with Gasteiger partial charge in [0.05, 0.1) is 12.2 Å². The number of benzene rings is 1. The Kier molecular flexibility index (Phi) is 6.63. The fourth-order valence-electron chi connectivity index (χ4n) is 3.81. The van der Waals surface area contributed by atoms with E-state index in [9.17, 15) is 28.0 Å². The average Bonchev–Trinajstić information content (AvgIpc) is 3.32. The molecule has 1 aromatic heterocycles. The van der Waals surface area contributed by atoms with Gasteiger partial charge in [0.1, 0.15) is 11.6 Å². The molecule has 3 heterocycles. The Balaban J connectivity index is 1.43. The smallest absolute Gasteiger partial charge is 0.337 e. The molecule has 10 nitrogen and oxygen atoms in total. The van der Waals surface area contributed by atoms with Gasteiger partial charge >= 0.3 is 6.03 Å². The zero-order valence-electron chi connectivity index (χ0n) is 18.2. The molecule has 0 aliphatic carbocycles. The van der Waals surface area contributed by atoms with Crippen molar-refractivity contribution < 1.29 is 28.0 Å². The van der Waals surface area contributed by atoms with Crippen LogP contribution in [0.2, 0.25) is 0 Å². The lowest BCUT2D eigenvalue weighted by Crippen LogP contribution is -2.52. The molecule has 1 aromatic carbocycles. The predicted octanol–water partition coefficient (Wildman–Crippen LogP) is 2.42. The molecule has 0 spiro atoms. The van der Waals surface area contributed by atoms with Gasteiger partial charge in [0.15, 0.2) is 11.5 Å². The number of hydroxylamine groups is 2. The SMILES string of the molecule is CCN(O)C(=O)c1nc(N2CCN(C(=O)N3N=CCC3c3cc(F)cc(F)c3)CC2)ncc1F. The second kappa shape index (κ2) is 9.63. The lowest BCUT2D eigenvalue weighted by molar-refractivity contribution is -0.0549. The van der Waals surface area contributed by atoms with Crippen LogP contribution in [0, 0.1) is 17.5 Å². The third-order valence-electron chi connectivity index (χ3n) is 5.60. The average molecular weight is 477 g/mol. The number of aromatic nitrogens is 2. The van der Waals surface area contributed by atoms with E-state index in [1.165, 1.54) is 35.2 Å². The van der Waals surface area contributed by atoms with Crippen LogP contribution in [0.25, 0.3) is 0 Å². The molecule has 1 saturated heterocycles. The van der Waals surface area contributed by atoms with E-state index >= 15 is 0 Å². The first kappa shape index (κ1) is 23.4. The molecule has 1 N–H and O–H groups in total. The number of anilines is 1. The number of piperazine rings is 1. The third-order valence-corrected chi connectivity index (χ3v) is 5.60.